The van der Waals surface area contributed by atoms with Gasteiger partial charge in [0.05, 0.1) is 0 Å². The lowest BCUT2D eigenvalue weighted by atomic mass is 9.65. The van der Waals surface area contributed by atoms with Gasteiger partial charge in [0.2, 0.25) is 0 Å². The average Bonchev–Trinajstić information content (AvgIpc) is 2.05. The maximum atomic E-state index is 2.44. The van der Waals surface area contributed by atoms with Gasteiger partial charge >= 0.3 is 0 Å². The van der Waals surface area contributed by atoms with E-state index in [0.29, 0.717) is 0 Å². The zero-order chi connectivity index (χ0) is 8.55. The Morgan fingerprint density at radius 2 is 1.08 bits per heavy atom. The third kappa shape index (κ3) is 1.67. The van der Waals surface area contributed by atoms with Crippen molar-refractivity contribution in [1.29, 1.82) is 0 Å². The first kappa shape index (κ1) is 8.59. The molecule has 0 radical (unpaired) electrons. The van der Waals surface area contributed by atoms with E-state index in [1.165, 1.54) is 38.5 Å². The van der Waals surface area contributed by atoms with Crippen LogP contribution in [0.3, 0.4) is 0 Å². The van der Waals surface area contributed by atoms with Crippen LogP contribution in [-0.4, -0.2) is 0 Å². The number of hydrogen-bond donors (Lipinski definition) is 0. The van der Waals surface area contributed by atoms with Crippen LogP contribution in [0.1, 0.15) is 52.4 Å². The molecule has 0 heteroatoms. The number of fused-ring (bicyclic) bond motifs is 1. The summed E-state index contributed by atoms with van der Waals surface area (Å²) in [5.41, 5.74) is 0. The minimum atomic E-state index is 1.03. The van der Waals surface area contributed by atoms with E-state index >= 15 is 0 Å². The van der Waals surface area contributed by atoms with Gasteiger partial charge in [-0.05, 0) is 49.4 Å². The van der Waals surface area contributed by atoms with Gasteiger partial charge in [-0.15, -0.1) is 0 Å². The summed E-state index contributed by atoms with van der Waals surface area (Å²) in [7, 11) is 0. The van der Waals surface area contributed by atoms with Crippen LogP contribution in [0.4, 0.5) is 0 Å². The van der Waals surface area contributed by atoms with E-state index in [-0.39, 0.29) is 0 Å². The summed E-state index contributed by atoms with van der Waals surface area (Å²) in [5, 5.41) is 0. The molecule has 0 amide bonds. The Labute approximate surface area is 76.7 Å². The topological polar surface area (TPSA) is 0 Å². The summed E-state index contributed by atoms with van der Waals surface area (Å²) >= 11 is 0. The van der Waals surface area contributed by atoms with Gasteiger partial charge in [0.25, 0.3) is 0 Å². The summed E-state index contributed by atoms with van der Waals surface area (Å²) < 4.78 is 0. The summed E-state index contributed by atoms with van der Waals surface area (Å²) in [6.45, 7) is 4.88. The molecule has 0 heterocycles. The van der Waals surface area contributed by atoms with Gasteiger partial charge in [-0.3, -0.25) is 0 Å². The number of hydrogen-bond acceptors (Lipinski definition) is 0. The Morgan fingerprint density at radius 1 is 0.667 bits per heavy atom. The fraction of sp³-hybridized carbons (Fsp3) is 1.00. The van der Waals surface area contributed by atoms with Crippen LogP contribution >= 0.6 is 0 Å². The van der Waals surface area contributed by atoms with Crippen molar-refractivity contribution in [1.82, 2.24) is 0 Å². The summed E-state index contributed by atoms with van der Waals surface area (Å²) in [6.07, 6.45) is 9.17. The molecule has 2 fully saturated rings. The minimum absolute atomic E-state index is 1.03. The third-order valence-electron chi connectivity index (χ3n) is 4.14. The molecular formula is C12H22. The maximum Gasteiger partial charge on any atom is -0.0383 e. The molecule has 0 aliphatic heterocycles. The van der Waals surface area contributed by atoms with E-state index in [4.69, 9.17) is 0 Å². The van der Waals surface area contributed by atoms with Crippen LogP contribution in [0, 0.1) is 23.7 Å². The van der Waals surface area contributed by atoms with Crippen molar-refractivity contribution >= 4 is 0 Å². The van der Waals surface area contributed by atoms with Crippen molar-refractivity contribution in [2.24, 2.45) is 23.7 Å². The molecule has 4 atom stereocenters. The minimum Gasteiger partial charge on any atom is -0.0625 e. The molecule has 0 unspecified atom stereocenters. The second-order valence-electron chi connectivity index (χ2n) is 5.36. The van der Waals surface area contributed by atoms with Crippen LogP contribution in [0.25, 0.3) is 0 Å². The second kappa shape index (κ2) is 3.40. The quantitative estimate of drug-likeness (QED) is 0.512. The molecule has 2 aliphatic carbocycles. The average molecular weight is 166 g/mol. The smallest absolute Gasteiger partial charge is 0.0383 e. The van der Waals surface area contributed by atoms with Crippen LogP contribution in [0.2, 0.25) is 0 Å². The second-order valence-corrected chi connectivity index (χ2v) is 5.36. The zero-order valence-corrected chi connectivity index (χ0v) is 8.55. The molecule has 70 valence electrons. The zero-order valence-electron chi connectivity index (χ0n) is 8.55. The molecule has 0 saturated heterocycles. The molecule has 2 aliphatic rings. The highest BCUT2D eigenvalue weighted by Crippen LogP contribution is 2.44. The lowest BCUT2D eigenvalue weighted by Crippen LogP contribution is -2.29. The van der Waals surface area contributed by atoms with Crippen molar-refractivity contribution < 1.29 is 0 Å². The lowest BCUT2D eigenvalue weighted by molar-refractivity contribution is 0.109. The fourth-order valence-corrected chi connectivity index (χ4v) is 3.36. The van der Waals surface area contributed by atoms with Crippen LogP contribution < -0.4 is 0 Å². The predicted octanol–water partition coefficient (Wildman–Crippen LogP) is 3.86. The molecule has 0 aromatic rings. The molecule has 0 bridgehead atoms. The first-order chi connectivity index (χ1) is 5.75. The van der Waals surface area contributed by atoms with E-state index in [2.05, 4.69) is 13.8 Å². The van der Waals surface area contributed by atoms with Crippen LogP contribution in [-0.2, 0) is 0 Å². The van der Waals surface area contributed by atoms with Gasteiger partial charge in [0, 0.05) is 0 Å². The normalized spacial score (nSPS) is 48.5. The Balaban J connectivity index is 1.94. The molecule has 2 rings (SSSR count). The Morgan fingerprint density at radius 3 is 1.50 bits per heavy atom. The summed E-state index contributed by atoms with van der Waals surface area (Å²) in [4.78, 5) is 0. The maximum absolute atomic E-state index is 2.44. The largest absolute Gasteiger partial charge is 0.0625 e. The predicted molar refractivity (Wildman–Crippen MR) is 53.0 cm³/mol. The SMILES string of the molecule is C[C@H]1CC[C@H]2C[C@@H](C)CC[C@H]2C1. The molecular weight excluding hydrogens is 144 g/mol. The molecule has 0 N–H and O–H groups in total. The third-order valence-corrected chi connectivity index (χ3v) is 4.14. The van der Waals surface area contributed by atoms with Gasteiger partial charge < -0.3 is 0 Å². The molecule has 0 nitrogen and oxygen atoms in total. The van der Waals surface area contributed by atoms with Crippen molar-refractivity contribution in [2.75, 3.05) is 0 Å². The molecule has 0 aromatic carbocycles. The lowest BCUT2D eigenvalue weighted by Gasteiger charge is -2.40. The van der Waals surface area contributed by atoms with E-state index in [1.807, 2.05) is 0 Å². The van der Waals surface area contributed by atoms with E-state index < -0.39 is 0 Å². The van der Waals surface area contributed by atoms with Crippen molar-refractivity contribution in [2.45, 2.75) is 52.4 Å². The van der Waals surface area contributed by atoms with Crippen molar-refractivity contribution in [3.05, 3.63) is 0 Å². The Kier molecular flexibility index (Phi) is 2.43. The fourth-order valence-electron chi connectivity index (χ4n) is 3.36. The van der Waals surface area contributed by atoms with E-state index in [1.54, 1.807) is 0 Å². The first-order valence-corrected chi connectivity index (χ1v) is 5.75. The number of rotatable bonds is 0. The van der Waals surface area contributed by atoms with E-state index in [9.17, 15) is 0 Å². The van der Waals surface area contributed by atoms with Gasteiger partial charge in [-0.25, -0.2) is 0 Å². The van der Waals surface area contributed by atoms with E-state index in [0.717, 1.165) is 23.7 Å². The molecule has 12 heavy (non-hydrogen) atoms. The van der Waals surface area contributed by atoms with Gasteiger partial charge in [0.1, 0.15) is 0 Å². The van der Waals surface area contributed by atoms with Gasteiger partial charge in [-0.2, -0.15) is 0 Å². The summed E-state index contributed by atoms with van der Waals surface area (Å²) in [6, 6.07) is 0. The molecule has 2 saturated carbocycles. The highest BCUT2D eigenvalue weighted by molar-refractivity contribution is 4.83. The highest BCUT2D eigenvalue weighted by atomic mass is 14.4. The van der Waals surface area contributed by atoms with Gasteiger partial charge in [0.15, 0.2) is 0 Å². The van der Waals surface area contributed by atoms with Crippen LogP contribution in [0.15, 0.2) is 0 Å². The highest BCUT2D eigenvalue weighted by Gasteiger charge is 2.32. The Hall–Kier alpha value is 0. The summed E-state index contributed by atoms with van der Waals surface area (Å²) in [5.74, 6) is 4.29. The monoisotopic (exact) mass is 166 g/mol. The Bertz CT molecular complexity index is 132. The van der Waals surface area contributed by atoms with Crippen LogP contribution in [0.5, 0.6) is 0 Å². The molecule has 0 spiro atoms. The van der Waals surface area contributed by atoms with Gasteiger partial charge in [-0.1, -0.05) is 26.7 Å². The van der Waals surface area contributed by atoms with Crippen molar-refractivity contribution in [3.63, 3.8) is 0 Å². The molecule has 0 aromatic heterocycles. The standard InChI is InChI=1S/C12H22/c1-9-3-5-12-8-10(2)4-6-11(12)7-9/h9-12H,3-8H2,1-2H3/t9-,10-,11-,12-/m0/s1. The van der Waals surface area contributed by atoms with Crippen molar-refractivity contribution in [3.8, 4) is 0 Å². The first-order valence-electron chi connectivity index (χ1n) is 5.75.